The molecule has 0 atom stereocenters. The number of amides is 1. The van der Waals surface area contributed by atoms with Gasteiger partial charge in [0, 0.05) is 16.8 Å². The second-order valence-electron chi connectivity index (χ2n) is 6.94. The number of aryl methyl sites for hydroxylation is 2. The Morgan fingerprint density at radius 3 is 2.72 bits per heavy atom. The number of fused-ring (bicyclic) bond motifs is 1. The molecule has 0 saturated heterocycles. The van der Waals surface area contributed by atoms with Crippen LogP contribution in [-0.4, -0.2) is 17.5 Å². The summed E-state index contributed by atoms with van der Waals surface area (Å²) in [5, 5.41) is 2.93. The van der Waals surface area contributed by atoms with E-state index in [4.69, 9.17) is 9.15 Å². The number of nitrogens with zero attached hydrogens (tertiary/aromatic N) is 1. The van der Waals surface area contributed by atoms with Gasteiger partial charge in [-0.2, -0.15) is 0 Å². The largest absolute Gasteiger partial charge is 0.494 e. The molecule has 0 saturated carbocycles. The fourth-order valence-corrected chi connectivity index (χ4v) is 3.33. The molecule has 4 aromatic rings. The van der Waals surface area contributed by atoms with Crippen molar-refractivity contribution in [2.24, 2.45) is 0 Å². The van der Waals surface area contributed by atoms with E-state index >= 15 is 0 Å². The minimum absolute atomic E-state index is 0.201. The zero-order valence-corrected chi connectivity index (χ0v) is 16.7. The molecule has 3 aromatic carbocycles. The first-order chi connectivity index (χ1) is 14.0. The lowest BCUT2D eigenvalue weighted by Crippen LogP contribution is -2.12. The number of oxazole rings is 1. The smallest absolute Gasteiger partial charge is 0.255 e. The lowest BCUT2D eigenvalue weighted by Gasteiger charge is -2.08. The number of rotatable bonds is 5. The van der Waals surface area contributed by atoms with E-state index in [9.17, 15) is 4.79 Å². The lowest BCUT2D eigenvalue weighted by atomic mass is 10.1. The summed E-state index contributed by atoms with van der Waals surface area (Å²) in [5.74, 6) is 1.00. The Kier molecular flexibility index (Phi) is 5.04. The highest BCUT2D eigenvalue weighted by Gasteiger charge is 2.13. The van der Waals surface area contributed by atoms with Crippen LogP contribution in [0.5, 0.6) is 5.75 Å². The Labute approximate surface area is 169 Å². The van der Waals surface area contributed by atoms with Gasteiger partial charge >= 0.3 is 0 Å². The number of aromatic nitrogens is 1. The third kappa shape index (κ3) is 3.99. The normalized spacial score (nSPS) is 10.9. The molecular weight excluding hydrogens is 364 g/mol. The molecule has 29 heavy (non-hydrogen) atoms. The molecule has 0 unspecified atom stereocenters. The van der Waals surface area contributed by atoms with E-state index in [1.807, 2.05) is 57.2 Å². The summed E-state index contributed by atoms with van der Waals surface area (Å²) in [7, 11) is 0. The molecule has 0 radical (unpaired) electrons. The summed E-state index contributed by atoms with van der Waals surface area (Å²) in [6, 6.07) is 18.7. The molecule has 5 nitrogen and oxygen atoms in total. The van der Waals surface area contributed by atoms with Crippen LogP contribution in [0.3, 0.4) is 0 Å². The molecule has 0 aliphatic carbocycles. The molecule has 146 valence electrons. The second-order valence-corrected chi connectivity index (χ2v) is 6.94. The molecule has 1 amide bonds. The van der Waals surface area contributed by atoms with E-state index in [0.717, 1.165) is 27.8 Å². The first-order valence-electron chi connectivity index (χ1n) is 9.56. The van der Waals surface area contributed by atoms with Crippen molar-refractivity contribution in [1.82, 2.24) is 4.98 Å². The maximum atomic E-state index is 12.6. The molecule has 1 N–H and O–H groups in total. The average molecular weight is 386 g/mol. The SMILES string of the molecule is CCOc1cccc(C(=O)Nc2cccc(-c3nc4cc(C)cc(C)c4o3)c2)c1. The number of anilines is 1. The summed E-state index contributed by atoms with van der Waals surface area (Å²) >= 11 is 0. The first kappa shape index (κ1) is 18.7. The van der Waals surface area contributed by atoms with Crippen molar-refractivity contribution >= 4 is 22.7 Å². The Bertz CT molecular complexity index is 1190. The highest BCUT2D eigenvalue weighted by Crippen LogP contribution is 2.29. The number of benzene rings is 3. The summed E-state index contributed by atoms with van der Waals surface area (Å²) in [4.78, 5) is 17.3. The lowest BCUT2D eigenvalue weighted by molar-refractivity contribution is 0.102. The molecular formula is C24H22N2O3. The topological polar surface area (TPSA) is 64.4 Å². The second kappa shape index (κ2) is 7.80. The standard InChI is InChI=1S/C24H22N2O3/c1-4-28-20-10-6-7-17(14-20)23(27)25-19-9-5-8-18(13-19)24-26-21-12-15(2)11-16(3)22(21)29-24/h5-14H,4H2,1-3H3,(H,25,27). The van der Waals surface area contributed by atoms with Crippen molar-refractivity contribution in [2.75, 3.05) is 11.9 Å². The Morgan fingerprint density at radius 1 is 1.07 bits per heavy atom. The van der Waals surface area contributed by atoms with Crippen LogP contribution in [-0.2, 0) is 0 Å². The fourth-order valence-electron chi connectivity index (χ4n) is 3.33. The van der Waals surface area contributed by atoms with Crippen LogP contribution in [0.2, 0.25) is 0 Å². The van der Waals surface area contributed by atoms with Gasteiger partial charge in [0.2, 0.25) is 5.89 Å². The van der Waals surface area contributed by atoms with Gasteiger partial charge < -0.3 is 14.5 Å². The quantitative estimate of drug-likeness (QED) is 0.473. The van der Waals surface area contributed by atoms with Crippen LogP contribution in [0.4, 0.5) is 5.69 Å². The van der Waals surface area contributed by atoms with E-state index in [0.29, 0.717) is 29.5 Å². The van der Waals surface area contributed by atoms with Crippen LogP contribution in [0.1, 0.15) is 28.4 Å². The van der Waals surface area contributed by atoms with Gasteiger partial charge in [0.05, 0.1) is 6.61 Å². The van der Waals surface area contributed by atoms with E-state index in [1.165, 1.54) is 0 Å². The molecule has 0 bridgehead atoms. The fraction of sp³-hybridized carbons (Fsp3) is 0.167. The van der Waals surface area contributed by atoms with Crippen LogP contribution in [0.25, 0.3) is 22.6 Å². The van der Waals surface area contributed by atoms with E-state index < -0.39 is 0 Å². The highest BCUT2D eigenvalue weighted by atomic mass is 16.5. The number of ether oxygens (including phenoxy) is 1. The van der Waals surface area contributed by atoms with E-state index in [2.05, 4.69) is 16.4 Å². The third-order valence-corrected chi connectivity index (χ3v) is 4.59. The third-order valence-electron chi connectivity index (χ3n) is 4.59. The van der Waals surface area contributed by atoms with Crippen molar-refractivity contribution in [3.8, 4) is 17.2 Å². The van der Waals surface area contributed by atoms with Gasteiger partial charge in [-0.25, -0.2) is 4.98 Å². The van der Waals surface area contributed by atoms with Gasteiger partial charge in [0.25, 0.3) is 5.91 Å². The predicted octanol–water partition coefficient (Wildman–Crippen LogP) is 5.76. The first-order valence-corrected chi connectivity index (χ1v) is 9.56. The van der Waals surface area contributed by atoms with E-state index in [1.54, 1.807) is 18.2 Å². The number of hydrogen-bond acceptors (Lipinski definition) is 4. The molecule has 0 aliphatic heterocycles. The van der Waals surface area contributed by atoms with Crippen molar-refractivity contribution in [2.45, 2.75) is 20.8 Å². The van der Waals surface area contributed by atoms with Crippen LogP contribution >= 0.6 is 0 Å². The maximum Gasteiger partial charge on any atom is 0.255 e. The predicted molar refractivity (Wildman–Crippen MR) is 114 cm³/mol. The van der Waals surface area contributed by atoms with Gasteiger partial charge in [-0.05, 0) is 74.4 Å². The van der Waals surface area contributed by atoms with Crippen molar-refractivity contribution in [3.05, 3.63) is 77.4 Å². The minimum atomic E-state index is -0.201. The van der Waals surface area contributed by atoms with Crippen LogP contribution in [0.15, 0.2) is 65.1 Å². The zero-order valence-electron chi connectivity index (χ0n) is 16.7. The van der Waals surface area contributed by atoms with Gasteiger partial charge in [0.15, 0.2) is 5.58 Å². The van der Waals surface area contributed by atoms with Gasteiger partial charge in [-0.15, -0.1) is 0 Å². The molecule has 0 aliphatic rings. The molecule has 1 heterocycles. The Balaban J connectivity index is 1.60. The summed E-state index contributed by atoms with van der Waals surface area (Å²) in [5.41, 5.74) is 5.83. The van der Waals surface area contributed by atoms with Crippen LogP contribution in [0, 0.1) is 13.8 Å². The van der Waals surface area contributed by atoms with Gasteiger partial charge in [0.1, 0.15) is 11.3 Å². The van der Waals surface area contributed by atoms with Crippen LogP contribution < -0.4 is 10.1 Å². The average Bonchev–Trinajstić information content (AvgIpc) is 3.13. The maximum absolute atomic E-state index is 12.6. The van der Waals surface area contributed by atoms with Gasteiger partial charge in [-0.1, -0.05) is 18.2 Å². The molecule has 5 heteroatoms. The minimum Gasteiger partial charge on any atom is -0.494 e. The van der Waals surface area contributed by atoms with E-state index in [-0.39, 0.29) is 5.91 Å². The highest BCUT2D eigenvalue weighted by molar-refractivity contribution is 6.04. The summed E-state index contributed by atoms with van der Waals surface area (Å²) in [6.07, 6.45) is 0. The summed E-state index contributed by atoms with van der Waals surface area (Å²) < 4.78 is 11.5. The molecule has 0 spiro atoms. The molecule has 1 aromatic heterocycles. The monoisotopic (exact) mass is 386 g/mol. The number of nitrogens with one attached hydrogen (secondary N) is 1. The van der Waals surface area contributed by atoms with Crippen molar-refractivity contribution < 1.29 is 13.9 Å². The van der Waals surface area contributed by atoms with Crippen molar-refractivity contribution in [1.29, 1.82) is 0 Å². The Morgan fingerprint density at radius 2 is 1.90 bits per heavy atom. The van der Waals surface area contributed by atoms with Gasteiger partial charge in [-0.3, -0.25) is 4.79 Å². The number of carbonyl (C=O) groups is 1. The molecule has 0 fully saturated rings. The number of carbonyl (C=O) groups excluding carboxylic acids is 1. The number of hydrogen-bond donors (Lipinski definition) is 1. The zero-order chi connectivity index (χ0) is 20.4. The Hall–Kier alpha value is -3.60. The summed E-state index contributed by atoms with van der Waals surface area (Å²) in [6.45, 7) is 6.51. The molecule has 4 rings (SSSR count). The van der Waals surface area contributed by atoms with Crippen molar-refractivity contribution in [3.63, 3.8) is 0 Å².